The highest BCUT2D eigenvalue weighted by Crippen LogP contribution is 2.25. The number of rotatable bonds is 5. The Morgan fingerprint density at radius 3 is 2.08 bits per heavy atom. The smallest absolute Gasteiger partial charge is 0.260 e. The first-order valence-corrected chi connectivity index (χ1v) is 8.24. The van der Waals surface area contributed by atoms with Crippen LogP contribution < -0.4 is 16.0 Å². The molecule has 2 amide bonds. The van der Waals surface area contributed by atoms with Gasteiger partial charge >= 0.3 is 0 Å². The molecule has 24 heavy (non-hydrogen) atoms. The van der Waals surface area contributed by atoms with Crippen LogP contribution >= 0.6 is 0 Å². The van der Waals surface area contributed by atoms with Crippen molar-refractivity contribution in [2.45, 2.75) is 57.0 Å². The van der Waals surface area contributed by atoms with Gasteiger partial charge in [0.1, 0.15) is 0 Å². The van der Waals surface area contributed by atoms with Gasteiger partial charge in [-0.3, -0.25) is 14.5 Å². The van der Waals surface area contributed by atoms with E-state index in [1.54, 1.807) is 13.8 Å². The molecular formula is C16H29FN4O3. The highest BCUT2D eigenvalue weighted by atomic mass is 19.1. The average molecular weight is 344 g/mol. The van der Waals surface area contributed by atoms with Gasteiger partial charge in [0.2, 0.25) is 5.67 Å². The monoisotopic (exact) mass is 344 g/mol. The summed E-state index contributed by atoms with van der Waals surface area (Å²) in [7, 11) is 0. The first-order chi connectivity index (χ1) is 10.7. The van der Waals surface area contributed by atoms with E-state index in [4.69, 9.17) is 0 Å². The molecule has 0 atom stereocenters. The predicted molar refractivity (Wildman–Crippen MR) is 88.2 cm³/mol. The quantitative estimate of drug-likeness (QED) is 0.522. The molecule has 138 valence electrons. The summed E-state index contributed by atoms with van der Waals surface area (Å²) < 4.78 is 14.1. The largest absolute Gasteiger partial charge is 0.377 e. The summed E-state index contributed by atoms with van der Waals surface area (Å²) in [6, 6.07) is 0. The minimum Gasteiger partial charge on any atom is -0.377 e. The number of carbonyl (C=O) groups excluding carboxylic acids is 2. The van der Waals surface area contributed by atoms with E-state index in [9.17, 15) is 19.1 Å². The maximum atomic E-state index is 14.1. The van der Waals surface area contributed by atoms with Crippen molar-refractivity contribution < 1.29 is 19.1 Å². The van der Waals surface area contributed by atoms with Crippen LogP contribution in [0.1, 0.15) is 34.6 Å². The number of β-amino-alcohol motifs (C(OH)–C–C–N with tert-alkyl or cyclic N) is 1. The minimum absolute atomic E-state index is 0.0331. The van der Waals surface area contributed by atoms with Crippen molar-refractivity contribution in [2.75, 3.05) is 32.7 Å². The molecule has 8 heteroatoms. The van der Waals surface area contributed by atoms with Crippen LogP contribution in [-0.2, 0) is 9.59 Å². The molecule has 2 rings (SSSR count). The fourth-order valence-corrected chi connectivity index (χ4v) is 2.93. The van der Waals surface area contributed by atoms with Gasteiger partial charge in [-0.2, -0.15) is 0 Å². The van der Waals surface area contributed by atoms with Crippen LogP contribution in [0.5, 0.6) is 0 Å². The van der Waals surface area contributed by atoms with Gasteiger partial charge in [0.15, 0.2) is 5.60 Å². The van der Waals surface area contributed by atoms with Gasteiger partial charge < -0.3 is 21.1 Å². The van der Waals surface area contributed by atoms with Crippen molar-refractivity contribution in [1.82, 2.24) is 20.9 Å². The Morgan fingerprint density at radius 1 is 1.12 bits per heavy atom. The normalized spacial score (nSPS) is 23.0. The Labute approximate surface area is 142 Å². The van der Waals surface area contributed by atoms with Crippen LogP contribution in [0.25, 0.3) is 0 Å². The summed E-state index contributed by atoms with van der Waals surface area (Å²) in [6.07, 6.45) is 0. The van der Waals surface area contributed by atoms with Crippen LogP contribution in [0.15, 0.2) is 0 Å². The van der Waals surface area contributed by atoms with Crippen molar-refractivity contribution in [3.63, 3.8) is 0 Å². The third kappa shape index (κ3) is 4.23. The van der Waals surface area contributed by atoms with Gasteiger partial charge in [-0.1, -0.05) is 0 Å². The maximum Gasteiger partial charge on any atom is 0.260 e. The average Bonchev–Trinajstić information content (AvgIpc) is 2.30. The molecule has 0 radical (unpaired) electrons. The zero-order valence-electron chi connectivity index (χ0n) is 15.1. The molecule has 2 aliphatic rings. The number of hydrogen-bond acceptors (Lipinski definition) is 5. The fraction of sp³-hybridized carbons (Fsp3) is 0.875. The van der Waals surface area contributed by atoms with E-state index in [1.165, 1.54) is 0 Å². The number of amides is 2. The topological polar surface area (TPSA) is 93.7 Å². The van der Waals surface area contributed by atoms with Crippen molar-refractivity contribution in [3.8, 4) is 0 Å². The summed E-state index contributed by atoms with van der Waals surface area (Å²) >= 11 is 0. The highest BCUT2D eigenvalue weighted by molar-refractivity contribution is 5.88. The van der Waals surface area contributed by atoms with E-state index in [-0.39, 0.29) is 26.2 Å². The lowest BCUT2D eigenvalue weighted by atomic mass is 9.89. The molecule has 2 heterocycles. The first-order valence-electron chi connectivity index (χ1n) is 8.24. The van der Waals surface area contributed by atoms with Gasteiger partial charge in [-0.15, -0.1) is 0 Å². The molecule has 0 aromatic heterocycles. The van der Waals surface area contributed by atoms with E-state index in [1.807, 2.05) is 25.7 Å². The Balaban J connectivity index is 1.83. The zero-order chi connectivity index (χ0) is 18.4. The Hall–Kier alpha value is -1.25. The van der Waals surface area contributed by atoms with Crippen LogP contribution in [0.4, 0.5) is 4.39 Å². The Bertz CT molecular complexity index is 520. The molecular weight excluding hydrogens is 315 g/mol. The van der Waals surface area contributed by atoms with Crippen molar-refractivity contribution in [1.29, 1.82) is 0 Å². The second kappa shape index (κ2) is 5.93. The number of aliphatic hydroxyl groups is 1. The molecule has 0 aromatic rings. The van der Waals surface area contributed by atoms with Crippen LogP contribution in [0.2, 0.25) is 0 Å². The van der Waals surface area contributed by atoms with Crippen LogP contribution in [-0.4, -0.2) is 76.9 Å². The van der Waals surface area contributed by atoms with E-state index in [2.05, 4.69) is 16.0 Å². The van der Waals surface area contributed by atoms with Gasteiger partial charge in [0, 0.05) is 43.8 Å². The summed E-state index contributed by atoms with van der Waals surface area (Å²) in [5, 5.41) is 18.6. The minimum atomic E-state index is -1.83. The Kier molecular flexibility index (Phi) is 4.71. The third-order valence-corrected chi connectivity index (χ3v) is 4.17. The van der Waals surface area contributed by atoms with Gasteiger partial charge in [0.25, 0.3) is 11.8 Å². The molecule has 2 fully saturated rings. The number of nitrogens with zero attached hydrogens (tertiary/aromatic N) is 1. The second-order valence-corrected chi connectivity index (χ2v) is 8.79. The summed E-state index contributed by atoms with van der Waals surface area (Å²) in [4.78, 5) is 26.0. The molecule has 0 aromatic carbocycles. The lowest BCUT2D eigenvalue weighted by molar-refractivity contribution is -0.163. The van der Waals surface area contributed by atoms with E-state index in [0.29, 0.717) is 6.54 Å². The molecule has 0 aliphatic carbocycles. The summed E-state index contributed by atoms with van der Waals surface area (Å²) in [5.74, 6) is -1.01. The molecule has 0 saturated carbocycles. The first kappa shape index (κ1) is 19.1. The van der Waals surface area contributed by atoms with E-state index >= 15 is 0 Å². The van der Waals surface area contributed by atoms with Crippen LogP contribution in [0, 0.1) is 0 Å². The maximum absolute atomic E-state index is 14.1. The number of carbonyl (C=O) groups is 2. The summed E-state index contributed by atoms with van der Waals surface area (Å²) in [5.41, 5.74) is -4.31. The number of hydrogen-bond donors (Lipinski definition) is 4. The molecule has 0 spiro atoms. The molecule has 2 aliphatic heterocycles. The fourth-order valence-electron chi connectivity index (χ4n) is 2.93. The molecule has 4 N–H and O–H groups in total. The van der Waals surface area contributed by atoms with E-state index < -0.39 is 34.2 Å². The lowest BCUT2D eigenvalue weighted by Gasteiger charge is -2.49. The number of likely N-dealkylation sites (tertiary alicyclic amines) is 1. The lowest BCUT2D eigenvalue weighted by Crippen LogP contribution is -2.73. The van der Waals surface area contributed by atoms with Gasteiger partial charge in [0.05, 0.1) is 0 Å². The molecule has 0 bridgehead atoms. The van der Waals surface area contributed by atoms with Crippen molar-refractivity contribution in [2.24, 2.45) is 0 Å². The van der Waals surface area contributed by atoms with Crippen molar-refractivity contribution in [3.05, 3.63) is 0 Å². The van der Waals surface area contributed by atoms with Crippen LogP contribution in [0.3, 0.4) is 0 Å². The van der Waals surface area contributed by atoms with Gasteiger partial charge in [-0.25, -0.2) is 4.39 Å². The Morgan fingerprint density at radius 2 is 1.67 bits per heavy atom. The summed E-state index contributed by atoms with van der Waals surface area (Å²) in [6.45, 7) is 10.0. The number of alkyl halides is 1. The van der Waals surface area contributed by atoms with Crippen molar-refractivity contribution >= 4 is 11.8 Å². The highest BCUT2D eigenvalue weighted by Gasteiger charge is 2.50. The standard InChI is InChI=1S/C16H29FN4O3/c1-13(2,3)19-12(23)16(24)9-21(10-16)8-14(4,5)20-11(22)15(17)6-18-7-15/h18,24H,6-10H2,1-5H3,(H,19,23)(H,20,22). The number of nitrogens with one attached hydrogen (secondary N) is 3. The SMILES string of the molecule is CC(C)(C)NC(=O)C1(O)CN(CC(C)(C)NC(=O)C2(F)CNC2)C1. The molecule has 7 nitrogen and oxygen atoms in total. The second-order valence-electron chi connectivity index (χ2n) is 8.79. The van der Waals surface area contributed by atoms with E-state index in [0.717, 1.165) is 0 Å². The zero-order valence-corrected chi connectivity index (χ0v) is 15.1. The number of halogens is 1. The van der Waals surface area contributed by atoms with Gasteiger partial charge in [-0.05, 0) is 34.6 Å². The molecule has 2 saturated heterocycles. The third-order valence-electron chi connectivity index (χ3n) is 4.17. The predicted octanol–water partition coefficient (Wildman–Crippen LogP) is -0.846. The molecule has 0 unspecified atom stereocenters.